The van der Waals surface area contributed by atoms with Gasteiger partial charge in [-0.1, -0.05) is 97.1 Å². The number of fused-ring (bicyclic) bond motifs is 2. The van der Waals surface area contributed by atoms with Crippen LogP contribution in [0.4, 0.5) is 0 Å². The average Bonchev–Trinajstić information content (AvgIpc) is 3.48. The van der Waals surface area contributed by atoms with Crippen molar-refractivity contribution in [2.75, 3.05) is 13.2 Å². The zero-order valence-electron chi connectivity index (χ0n) is 22.0. The van der Waals surface area contributed by atoms with Crippen molar-refractivity contribution in [3.8, 4) is 11.1 Å². The fourth-order valence-electron chi connectivity index (χ4n) is 6.41. The van der Waals surface area contributed by atoms with Crippen molar-refractivity contribution in [3.63, 3.8) is 0 Å². The van der Waals surface area contributed by atoms with Gasteiger partial charge >= 0.3 is 5.97 Å². The van der Waals surface area contributed by atoms with Crippen molar-refractivity contribution in [2.45, 2.75) is 51.2 Å². The van der Waals surface area contributed by atoms with Gasteiger partial charge in [0, 0.05) is 17.8 Å². The van der Waals surface area contributed by atoms with Crippen LogP contribution in [0, 0.1) is 17.3 Å². The Morgan fingerprint density at radius 2 is 1.63 bits per heavy atom. The number of hydrogen-bond donors (Lipinski definition) is 1. The van der Waals surface area contributed by atoms with Gasteiger partial charge in [-0.2, -0.15) is 0 Å². The van der Waals surface area contributed by atoms with Crippen molar-refractivity contribution >= 4 is 5.97 Å². The molecule has 2 aliphatic rings. The van der Waals surface area contributed by atoms with Crippen LogP contribution in [0.5, 0.6) is 0 Å². The normalized spacial score (nSPS) is 24.3. The number of rotatable bonds is 13. The Labute approximate surface area is 226 Å². The van der Waals surface area contributed by atoms with E-state index in [1.54, 1.807) is 0 Å². The summed E-state index contributed by atoms with van der Waals surface area (Å²) >= 11 is 0. The number of aliphatic carboxylic acids is 1. The Morgan fingerprint density at radius 3 is 2.37 bits per heavy atom. The molecule has 5 rings (SSSR count). The number of carboxylic acids is 1. The van der Waals surface area contributed by atoms with Gasteiger partial charge in [0.2, 0.25) is 0 Å². The number of benzene rings is 3. The van der Waals surface area contributed by atoms with Gasteiger partial charge in [0.05, 0.1) is 25.9 Å². The largest absolute Gasteiger partial charge is 0.481 e. The molecule has 2 fully saturated rings. The summed E-state index contributed by atoms with van der Waals surface area (Å²) in [6.07, 6.45) is 9.46. The highest BCUT2D eigenvalue weighted by Gasteiger charge is 2.58. The number of carboxylic acid groups (broad SMARTS) is 1. The highest BCUT2D eigenvalue weighted by molar-refractivity contribution is 5.66. The first-order chi connectivity index (χ1) is 18.6. The van der Waals surface area contributed by atoms with Crippen molar-refractivity contribution in [1.29, 1.82) is 0 Å². The van der Waals surface area contributed by atoms with E-state index in [0.29, 0.717) is 31.5 Å². The molecular formula is C34H38O4. The molecule has 3 aromatic carbocycles. The predicted octanol–water partition coefficient (Wildman–Crippen LogP) is 7.34. The highest BCUT2D eigenvalue weighted by Crippen LogP contribution is 2.57. The molecule has 1 saturated carbocycles. The molecule has 198 valence electrons. The van der Waals surface area contributed by atoms with Crippen molar-refractivity contribution in [2.24, 2.45) is 17.3 Å². The zero-order chi connectivity index (χ0) is 26.2. The minimum Gasteiger partial charge on any atom is -0.481 e. The molecule has 4 heteroatoms. The molecule has 4 atom stereocenters. The summed E-state index contributed by atoms with van der Waals surface area (Å²) in [5.41, 5.74) is 5.14. The summed E-state index contributed by atoms with van der Waals surface area (Å²) in [5.74, 6) is 0.109. The molecule has 3 aromatic rings. The second-order valence-electron chi connectivity index (χ2n) is 10.9. The maximum Gasteiger partial charge on any atom is 0.303 e. The smallest absolute Gasteiger partial charge is 0.303 e. The van der Waals surface area contributed by atoms with Crippen LogP contribution in [0.25, 0.3) is 11.1 Å². The molecule has 2 unspecified atom stereocenters. The van der Waals surface area contributed by atoms with E-state index in [1.807, 2.05) is 12.1 Å². The van der Waals surface area contributed by atoms with Gasteiger partial charge in [-0.15, -0.1) is 0 Å². The van der Waals surface area contributed by atoms with Gasteiger partial charge in [-0.3, -0.25) is 4.79 Å². The fraction of sp³-hybridized carbons (Fsp3) is 0.382. The third-order valence-corrected chi connectivity index (χ3v) is 8.33. The van der Waals surface area contributed by atoms with Gasteiger partial charge in [-0.05, 0) is 60.3 Å². The van der Waals surface area contributed by atoms with E-state index in [0.717, 1.165) is 32.3 Å². The summed E-state index contributed by atoms with van der Waals surface area (Å²) in [5, 5.41) is 8.92. The van der Waals surface area contributed by atoms with Gasteiger partial charge in [0.25, 0.3) is 0 Å². The Balaban J connectivity index is 1.28. The van der Waals surface area contributed by atoms with Gasteiger partial charge in [0.15, 0.2) is 0 Å². The molecule has 0 spiro atoms. The molecule has 0 aromatic heterocycles. The summed E-state index contributed by atoms with van der Waals surface area (Å²) < 4.78 is 12.6. The second kappa shape index (κ2) is 12.6. The molecule has 4 nitrogen and oxygen atoms in total. The standard InChI is InChI=1S/C34H38O4/c35-33(36)16-10-2-1-9-15-31-30(24-37-23-27-11-5-3-6-12-27)32-22-34(31,25-38-32)21-26-17-19-29(20-18-26)28-13-7-4-8-14-28/h1,3-9,11-14,17-20,30-32H,2,10,15-16,21-25H2,(H,35,36)/b9-1+/t30-,31-,32?,34?/m1/s1. The molecule has 1 N–H and O–H groups in total. The number of ether oxygens (including phenoxy) is 2. The number of unbranched alkanes of at least 4 members (excludes halogenated alkanes) is 1. The number of allylic oxidation sites excluding steroid dienone is 2. The quantitative estimate of drug-likeness (QED) is 0.193. The van der Waals surface area contributed by atoms with E-state index in [1.165, 1.54) is 22.3 Å². The van der Waals surface area contributed by atoms with Crippen molar-refractivity contribution in [1.82, 2.24) is 0 Å². The first-order valence-corrected chi connectivity index (χ1v) is 13.9. The Hall–Kier alpha value is -3.21. The van der Waals surface area contributed by atoms with Gasteiger partial charge in [0.1, 0.15) is 0 Å². The SMILES string of the molecule is O=C(O)CCC/C=C/C[C@@H]1[C@@H](COCc2ccccc2)C2CC1(Cc1ccc(-c3ccccc3)cc1)CO2. The molecule has 1 aliphatic carbocycles. The molecule has 1 saturated heterocycles. The van der Waals surface area contributed by atoms with Gasteiger partial charge < -0.3 is 14.6 Å². The van der Waals surface area contributed by atoms with Crippen LogP contribution in [0.1, 0.15) is 43.2 Å². The fourth-order valence-corrected chi connectivity index (χ4v) is 6.41. The van der Waals surface area contributed by atoms with Crippen LogP contribution >= 0.6 is 0 Å². The van der Waals surface area contributed by atoms with Crippen LogP contribution < -0.4 is 0 Å². The van der Waals surface area contributed by atoms with E-state index in [-0.39, 0.29) is 17.9 Å². The Kier molecular flexibility index (Phi) is 8.72. The number of hydrogen-bond acceptors (Lipinski definition) is 3. The molecular weight excluding hydrogens is 472 g/mol. The third kappa shape index (κ3) is 6.43. The van der Waals surface area contributed by atoms with Crippen LogP contribution in [-0.2, 0) is 27.3 Å². The molecule has 0 radical (unpaired) electrons. The molecule has 38 heavy (non-hydrogen) atoms. The first kappa shape index (κ1) is 26.4. The first-order valence-electron chi connectivity index (χ1n) is 13.9. The summed E-state index contributed by atoms with van der Waals surface area (Å²) in [6, 6.07) is 29.9. The topological polar surface area (TPSA) is 55.8 Å². The van der Waals surface area contributed by atoms with Crippen LogP contribution in [0.3, 0.4) is 0 Å². The van der Waals surface area contributed by atoms with Crippen molar-refractivity contribution in [3.05, 3.63) is 108 Å². The van der Waals surface area contributed by atoms with Crippen molar-refractivity contribution < 1.29 is 19.4 Å². The monoisotopic (exact) mass is 510 g/mol. The Bertz CT molecular complexity index is 1190. The maximum atomic E-state index is 10.8. The van der Waals surface area contributed by atoms with E-state index >= 15 is 0 Å². The molecule has 2 bridgehead atoms. The minimum absolute atomic E-state index is 0.102. The minimum atomic E-state index is -0.725. The van der Waals surface area contributed by atoms with E-state index in [4.69, 9.17) is 14.6 Å². The summed E-state index contributed by atoms with van der Waals surface area (Å²) in [6.45, 7) is 2.12. The van der Waals surface area contributed by atoms with Crippen LogP contribution in [0.2, 0.25) is 0 Å². The lowest BCUT2D eigenvalue weighted by Gasteiger charge is -2.39. The van der Waals surface area contributed by atoms with E-state index in [2.05, 4.69) is 84.9 Å². The highest BCUT2D eigenvalue weighted by atomic mass is 16.5. The molecule has 1 aliphatic heterocycles. The van der Waals surface area contributed by atoms with E-state index in [9.17, 15) is 4.79 Å². The zero-order valence-corrected chi connectivity index (χ0v) is 22.0. The Morgan fingerprint density at radius 1 is 0.921 bits per heavy atom. The average molecular weight is 511 g/mol. The third-order valence-electron chi connectivity index (χ3n) is 8.33. The van der Waals surface area contributed by atoms with E-state index < -0.39 is 5.97 Å². The summed E-state index contributed by atoms with van der Waals surface area (Å²) in [7, 11) is 0. The van der Waals surface area contributed by atoms with Gasteiger partial charge in [-0.25, -0.2) is 0 Å². The molecule has 1 heterocycles. The lowest BCUT2D eigenvalue weighted by Crippen LogP contribution is -2.39. The lowest BCUT2D eigenvalue weighted by atomic mass is 9.70. The summed E-state index contributed by atoms with van der Waals surface area (Å²) in [4.78, 5) is 10.8. The lowest BCUT2D eigenvalue weighted by molar-refractivity contribution is -0.137. The maximum absolute atomic E-state index is 10.8. The van der Waals surface area contributed by atoms with Crippen LogP contribution in [-0.4, -0.2) is 30.4 Å². The van der Waals surface area contributed by atoms with Crippen LogP contribution in [0.15, 0.2) is 97.1 Å². The number of carbonyl (C=O) groups is 1. The molecule has 0 amide bonds. The predicted molar refractivity (Wildman–Crippen MR) is 151 cm³/mol. The second-order valence-corrected chi connectivity index (χ2v) is 10.9.